The highest BCUT2D eigenvalue weighted by Crippen LogP contribution is 2.28. The number of aromatic amines is 1. The molecule has 1 N–H and O–H groups in total. The molecule has 0 amide bonds. The minimum atomic E-state index is 0.543. The van der Waals surface area contributed by atoms with Crippen molar-refractivity contribution in [1.29, 1.82) is 0 Å². The first-order valence-electron chi connectivity index (χ1n) is 11.3. The van der Waals surface area contributed by atoms with Gasteiger partial charge in [0, 0.05) is 24.6 Å². The number of aryl methyl sites for hydroxylation is 1. The summed E-state index contributed by atoms with van der Waals surface area (Å²) in [6, 6.07) is 12.5. The van der Waals surface area contributed by atoms with E-state index in [4.69, 9.17) is 10.1 Å². The molecule has 3 heterocycles. The fourth-order valence-corrected chi connectivity index (χ4v) is 3.77. The van der Waals surface area contributed by atoms with Crippen molar-refractivity contribution in [2.24, 2.45) is 5.92 Å². The van der Waals surface area contributed by atoms with E-state index >= 15 is 0 Å². The molecule has 0 spiro atoms. The zero-order valence-corrected chi connectivity index (χ0v) is 19.0. The molecule has 166 valence electrons. The van der Waals surface area contributed by atoms with Crippen LogP contribution in [0.25, 0.3) is 22.6 Å². The Labute approximate surface area is 188 Å². The van der Waals surface area contributed by atoms with Crippen LogP contribution in [0, 0.1) is 5.92 Å². The number of tetrazole rings is 1. The lowest BCUT2D eigenvalue weighted by molar-refractivity contribution is 0.589. The number of aromatic nitrogens is 8. The van der Waals surface area contributed by atoms with E-state index in [1.54, 1.807) is 6.20 Å². The van der Waals surface area contributed by atoms with Crippen LogP contribution in [0.15, 0.2) is 42.6 Å². The van der Waals surface area contributed by atoms with Crippen LogP contribution < -0.4 is 0 Å². The number of nitrogens with zero attached hydrogens (tertiary/aromatic N) is 7. The second kappa shape index (κ2) is 10.3. The van der Waals surface area contributed by atoms with Gasteiger partial charge in [0.1, 0.15) is 11.5 Å². The Morgan fingerprint density at radius 2 is 1.91 bits per heavy atom. The van der Waals surface area contributed by atoms with Crippen molar-refractivity contribution in [3.05, 3.63) is 59.8 Å². The third-order valence-corrected chi connectivity index (χ3v) is 5.36. The Morgan fingerprint density at radius 3 is 2.62 bits per heavy atom. The van der Waals surface area contributed by atoms with Gasteiger partial charge in [0.05, 0.1) is 6.54 Å². The maximum absolute atomic E-state index is 4.84. The van der Waals surface area contributed by atoms with Crippen LogP contribution >= 0.6 is 0 Å². The first kappa shape index (κ1) is 21.8. The number of pyridine rings is 1. The molecule has 0 fully saturated rings. The number of H-pyrrole nitrogens is 1. The molecule has 1 aromatic carbocycles. The molecule has 0 saturated heterocycles. The number of hydrogen-bond acceptors (Lipinski definition) is 6. The standard InChI is InChI=1S/C24H30N8/c1-4-5-6-9-22-26-21(15-17(2)3)29-32(22)16-18-10-12-19(13-11-18)20-8-7-14-25-23(20)24-27-30-31-28-24/h7-8,10-14,17H,4-6,9,15-16H2,1-3H3,(H,27,28,30,31). The van der Waals surface area contributed by atoms with Gasteiger partial charge in [0.15, 0.2) is 11.6 Å². The van der Waals surface area contributed by atoms with Gasteiger partial charge in [0.25, 0.3) is 0 Å². The highest BCUT2D eigenvalue weighted by atomic mass is 15.5. The SMILES string of the molecule is CCCCCc1nc(CC(C)C)nn1Cc1ccc(-c2cccnc2-c2nnn[nH]2)cc1. The Hall–Kier alpha value is -3.42. The Bertz CT molecular complexity index is 1110. The lowest BCUT2D eigenvalue weighted by atomic mass is 10.0. The van der Waals surface area contributed by atoms with Crippen molar-refractivity contribution >= 4 is 0 Å². The predicted molar refractivity (Wildman–Crippen MR) is 124 cm³/mol. The molecule has 32 heavy (non-hydrogen) atoms. The molecule has 0 bridgehead atoms. The predicted octanol–water partition coefficient (Wildman–Crippen LogP) is 4.50. The molecule has 0 aliphatic carbocycles. The third-order valence-electron chi connectivity index (χ3n) is 5.36. The smallest absolute Gasteiger partial charge is 0.198 e. The highest BCUT2D eigenvalue weighted by Gasteiger charge is 2.14. The molecule has 4 rings (SSSR count). The highest BCUT2D eigenvalue weighted by molar-refractivity contribution is 5.77. The Morgan fingerprint density at radius 1 is 1.06 bits per heavy atom. The van der Waals surface area contributed by atoms with E-state index < -0.39 is 0 Å². The Balaban J connectivity index is 1.55. The second-order valence-electron chi connectivity index (χ2n) is 8.50. The summed E-state index contributed by atoms with van der Waals surface area (Å²) in [5, 5.41) is 19.0. The van der Waals surface area contributed by atoms with Gasteiger partial charge < -0.3 is 0 Å². The third kappa shape index (κ3) is 5.25. The number of nitrogens with one attached hydrogen (secondary N) is 1. The summed E-state index contributed by atoms with van der Waals surface area (Å²) in [4.78, 5) is 9.31. The fraction of sp³-hybridized carbons (Fsp3) is 0.417. The number of benzene rings is 1. The van der Waals surface area contributed by atoms with Gasteiger partial charge >= 0.3 is 0 Å². The first-order valence-corrected chi connectivity index (χ1v) is 11.3. The van der Waals surface area contributed by atoms with Crippen molar-refractivity contribution < 1.29 is 0 Å². The molecule has 0 radical (unpaired) electrons. The minimum Gasteiger partial charge on any atom is -0.252 e. The van der Waals surface area contributed by atoms with Crippen LogP contribution in [0.5, 0.6) is 0 Å². The van der Waals surface area contributed by atoms with Gasteiger partial charge in [0.2, 0.25) is 0 Å². The van der Waals surface area contributed by atoms with E-state index in [1.165, 1.54) is 18.4 Å². The van der Waals surface area contributed by atoms with E-state index in [-0.39, 0.29) is 0 Å². The van der Waals surface area contributed by atoms with Crippen molar-refractivity contribution in [2.75, 3.05) is 0 Å². The van der Waals surface area contributed by atoms with E-state index in [0.717, 1.165) is 54.3 Å². The average Bonchev–Trinajstić information content (AvgIpc) is 3.45. The van der Waals surface area contributed by atoms with Crippen LogP contribution in [-0.4, -0.2) is 40.4 Å². The summed E-state index contributed by atoms with van der Waals surface area (Å²) in [7, 11) is 0. The molecule has 3 aromatic heterocycles. The van der Waals surface area contributed by atoms with Crippen LogP contribution in [0.2, 0.25) is 0 Å². The number of unbranched alkanes of at least 4 members (excludes halogenated alkanes) is 2. The zero-order chi connectivity index (χ0) is 22.3. The quantitative estimate of drug-likeness (QED) is 0.372. The van der Waals surface area contributed by atoms with E-state index in [9.17, 15) is 0 Å². The summed E-state index contributed by atoms with van der Waals surface area (Å²) in [6.07, 6.45) is 7.20. The summed E-state index contributed by atoms with van der Waals surface area (Å²) < 4.78 is 2.08. The van der Waals surface area contributed by atoms with E-state index in [1.807, 2.05) is 12.1 Å². The van der Waals surface area contributed by atoms with Gasteiger partial charge in [-0.2, -0.15) is 5.10 Å². The van der Waals surface area contributed by atoms with Gasteiger partial charge in [-0.1, -0.05) is 63.9 Å². The van der Waals surface area contributed by atoms with Crippen molar-refractivity contribution in [3.8, 4) is 22.6 Å². The summed E-state index contributed by atoms with van der Waals surface area (Å²) in [5.41, 5.74) is 3.98. The van der Waals surface area contributed by atoms with Gasteiger partial charge in [-0.3, -0.25) is 4.98 Å². The molecule has 8 heteroatoms. The van der Waals surface area contributed by atoms with Crippen molar-refractivity contribution in [1.82, 2.24) is 40.4 Å². The monoisotopic (exact) mass is 430 g/mol. The second-order valence-corrected chi connectivity index (χ2v) is 8.50. The zero-order valence-electron chi connectivity index (χ0n) is 19.0. The maximum Gasteiger partial charge on any atom is 0.198 e. The van der Waals surface area contributed by atoms with Gasteiger partial charge in [-0.25, -0.2) is 14.8 Å². The molecule has 0 atom stereocenters. The van der Waals surface area contributed by atoms with E-state index in [0.29, 0.717) is 11.7 Å². The minimum absolute atomic E-state index is 0.543. The van der Waals surface area contributed by atoms with Crippen LogP contribution in [0.3, 0.4) is 0 Å². The molecule has 4 aromatic rings. The lowest BCUT2D eigenvalue weighted by Gasteiger charge is -2.09. The normalized spacial score (nSPS) is 11.4. The molecule has 8 nitrogen and oxygen atoms in total. The number of rotatable bonds is 10. The summed E-state index contributed by atoms with van der Waals surface area (Å²) in [6.45, 7) is 7.36. The van der Waals surface area contributed by atoms with Crippen molar-refractivity contribution in [3.63, 3.8) is 0 Å². The summed E-state index contributed by atoms with van der Waals surface area (Å²) >= 11 is 0. The molecular weight excluding hydrogens is 400 g/mol. The molecular formula is C24H30N8. The van der Waals surface area contributed by atoms with E-state index in [2.05, 4.69) is 75.3 Å². The summed E-state index contributed by atoms with van der Waals surface area (Å²) in [5.74, 6) is 3.14. The lowest BCUT2D eigenvalue weighted by Crippen LogP contribution is -2.07. The maximum atomic E-state index is 4.84. The van der Waals surface area contributed by atoms with Crippen molar-refractivity contribution in [2.45, 2.75) is 59.4 Å². The largest absolute Gasteiger partial charge is 0.252 e. The van der Waals surface area contributed by atoms with Gasteiger partial charge in [-0.05, 0) is 40.0 Å². The number of hydrogen-bond donors (Lipinski definition) is 1. The topological polar surface area (TPSA) is 98.1 Å². The molecule has 0 aliphatic rings. The fourth-order valence-electron chi connectivity index (χ4n) is 3.77. The van der Waals surface area contributed by atoms with Crippen LogP contribution in [0.1, 0.15) is 57.2 Å². The Kier molecular flexibility index (Phi) is 6.99. The molecule has 0 unspecified atom stereocenters. The van der Waals surface area contributed by atoms with Crippen LogP contribution in [-0.2, 0) is 19.4 Å². The molecule has 0 aliphatic heterocycles. The van der Waals surface area contributed by atoms with Crippen LogP contribution in [0.4, 0.5) is 0 Å². The molecule has 0 saturated carbocycles. The van der Waals surface area contributed by atoms with Gasteiger partial charge in [-0.15, -0.1) is 5.10 Å². The first-order chi connectivity index (χ1) is 15.6. The average molecular weight is 431 g/mol.